The van der Waals surface area contributed by atoms with E-state index in [4.69, 9.17) is 4.74 Å². The second-order valence-electron chi connectivity index (χ2n) is 10.1. The molecule has 0 radical (unpaired) electrons. The summed E-state index contributed by atoms with van der Waals surface area (Å²) >= 11 is 0. The van der Waals surface area contributed by atoms with Gasteiger partial charge in [0.15, 0.2) is 0 Å². The molecule has 4 rings (SSSR count). The van der Waals surface area contributed by atoms with Gasteiger partial charge in [0.1, 0.15) is 0 Å². The predicted molar refractivity (Wildman–Crippen MR) is 123 cm³/mol. The average molecular weight is 568 g/mol. The fourth-order valence-corrected chi connectivity index (χ4v) is 4.81. The van der Waals surface area contributed by atoms with Crippen LogP contribution in [0.3, 0.4) is 0 Å². The molecule has 4 nitrogen and oxygen atoms in total. The zero-order valence-electron chi connectivity index (χ0n) is 20.8. The fraction of sp³-hybridized carbons (Fsp3) is 0.500. The Hall–Kier alpha value is -2.96. The van der Waals surface area contributed by atoms with E-state index in [1.54, 1.807) is 13.8 Å². The van der Waals surface area contributed by atoms with E-state index in [9.17, 15) is 44.3 Å². The van der Waals surface area contributed by atoms with Gasteiger partial charge in [0.25, 0.3) is 0 Å². The number of anilines is 1. The van der Waals surface area contributed by atoms with Crippen molar-refractivity contribution in [1.29, 1.82) is 0 Å². The summed E-state index contributed by atoms with van der Waals surface area (Å²) in [5.41, 5.74) is -4.13. The first-order chi connectivity index (χ1) is 17.9. The average Bonchev–Trinajstić information content (AvgIpc) is 3.64. The maximum Gasteiger partial charge on any atom is 0.416 e. The van der Waals surface area contributed by atoms with Crippen molar-refractivity contribution < 1.29 is 49.0 Å². The summed E-state index contributed by atoms with van der Waals surface area (Å²) in [5, 5.41) is 2.86. The summed E-state index contributed by atoms with van der Waals surface area (Å²) in [6.45, 7) is 2.76. The summed E-state index contributed by atoms with van der Waals surface area (Å²) in [5.74, 6) is 0.0230. The first kappa shape index (κ1) is 29.0. The van der Waals surface area contributed by atoms with E-state index < -0.39 is 66.0 Å². The largest absolute Gasteiger partial charge is 0.446 e. The number of carbonyl (C=O) groups excluding carboxylic acids is 1. The van der Waals surface area contributed by atoms with Crippen LogP contribution >= 0.6 is 0 Å². The van der Waals surface area contributed by atoms with Gasteiger partial charge >= 0.3 is 24.6 Å². The first-order valence-electron chi connectivity index (χ1n) is 12.2. The normalized spacial score (nSPS) is 20.3. The van der Waals surface area contributed by atoms with Crippen LogP contribution in [0.15, 0.2) is 36.4 Å². The van der Waals surface area contributed by atoms with Crippen LogP contribution < -0.4 is 10.2 Å². The summed E-state index contributed by atoms with van der Waals surface area (Å²) in [4.78, 5) is 14.3. The van der Waals surface area contributed by atoms with Gasteiger partial charge in [-0.3, -0.25) is 4.90 Å². The van der Waals surface area contributed by atoms with Crippen molar-refractivity contribution in [3.8, 4) is 0 Å². The lowest BCUT2D eigenvalue weighted by Gasteiger charge is -2.41. The molecule has 1 fully saturated rings. The van der Waals surface area contributed by atoms with Crippen molar-refractivity contribution in [2.45, 2.75) is 76.4 Å². The van der Waals surface area contributed by atoms with Crippen LogP contribution in [0.4, 0.5) is 50.0 Å². The third kappa shape index (κ3) is 6.62. The van der Waals surface area contributed by atoms with E-state index in [1.807, 2.05) is 0 Å². The number of halogens is 9. The van der Waals surface area contributed by atoms with E-state index in [0.29, 0.717) is 12.1 Å². The van der Waals surface area contributed by atoms with Gasteiger partial charge in [-0.25, -0.2) is 4.79 Å². The lowest BCUT2D eigenvalue weighted by atomic mass is 9.87. The molecule has 2 unspecified atom stereocenters. The molecule has 1 saturated carbocycles. The molecule has 2 aromatic carbocycles. The number of carbonyl (C=O) groups is 1. The molecule has 0 bridgehead atoms. The molecular weight excluding hydrogens is 543 g/mol. The highest BCUT2D eigenvalue weighted by molar-refractivity contribution is 5.90. The SMILES string of the molecule is CC(C)OC(=O)N1c2ccc(C(F)(F)F)cc2C(NCc2cc(C(F)(F)F)cc(C(F)(F)F)c2)CC1C1CC1. The molecule has 2 aromatic rings. The fourth-order valence-electron chi connectivity index (χ4n) is 4.81. The minimum absolute atomic E-state index is 0.0103. The Morgan fingerprint density at radius 3 is 1.95 bits per heavy atom. The number of ether oxygens (including phenoxy) is 1. The van der Waals surface area contributed by atoms with Crippen molar-refractivity contribution in [2.24, 2.45) is 5.92 Å². The minimum Gasteiger partial charge on any atom is -0.446 e. The van der Waals surface area contributed by atoms with Crippen LogP contribution in [0.2, 0.25) is 0 Å². The van der Waals surface area contributed by atoms with Gasteiger partial charge in [0.05, 0.1) is 28.5 Å². The van der Waals surface area contributed by atoms with E-state index in [1.165, 1.54) is 4.90 Å². The van der Waals surface area contributed by atoms with Crippen LogP contribution in [0.5, 0.6) is 0 Å². The lowest BCUT2D eigenvalue weighted by molar-refractivity contribution is -0.143. The molecule has 1 heterocycles. The van der Waals surface area contributed by atoms with Gasteiger partial charge < -0.3 is 10.1 Å². The van der Waals surface area contributed by atoms with Gasteiger partial charge in [0.2, 0.25) is 0 Å². The number of rotatable bonds is 5. The number of amides is 1. The van der Waals surface area contributed by atoms with Crippen LogP contribution in [0.25, 0.3) is 0 Å². The molecule has 2 aliphatic rings. The molecule has 0 spiro atoms. The Balaban J connectivity index is 1.73. The minimum atomic E-state index is -5.04. The van der Waals surface area contributed by atoms with E-state index >= 15 is 0 Å². The Labute approximate surface area is 218 Å². The number of nitrogens with zero attached hydrogens (tertiary/aromatic N) is 1. The van der Waals surface area contributed by atoms with Gasteiger partial charge in [0, 0.05) is 18.6 Å². The molecular formula is C26H25F9N2O2. The Kier molecular flexibility index (Phi) is 7.61. The zero-order chi connectivity index (χ0) is 28.9. The van der Waals surface area contributed by atoms with Crippen molar-refractivity contribution in [3.05, 3.63) is 64.2 Å². The van der Waals surface area contributed by atoms with Crippen LogP contribution in [-0.4, -0.2) is 18.2 Å². The number of hydrogen-bond donors (Lipinski definition) is 1. The standard InChI is InChI=1S/C26H25F9N2O2/c1-13(2)39-23(38)37-21-6-5-16(24(27,28)29)10-19(21)20(11-22(37)15-3-4-15)36-12-14-7-17(25(30,31)32)9-18(8-14)26(33,34)35/h5-10,13,15,20,22,36H,3-4,11-12H2,1-2H3. The topological polar surface area (TPSA) is 41.6 Å². The van der Waals surface area contributed by atoms with Crippen LogP contribution in [0.1, 0.15) is 67.0 Å². The number of benzene rings is 2. The Bertz CT molecular complexity index is 1190. The van der Waals surface area contributed by atoms with E-state index in [0.717, 1.165) is 31.0 Å². The molecule has 1 amide bonds. The maximum atomic E-state index is 13.6. The number of nitrogens with one attached hydrogen (secondary N) is 1. The smallest absolute Gasteiger partial charge is 0.416 e. The van der Waals surface area contributed by atoms with Crippen LogP contribution in [-0.2, 0) is 29.8 Å². The number of hydrogen-bond acceptors (Lipinski definition) is 3. The maximum absolute atomic E-state index is 13.6. The second-order valence-corrected chi connectivity index (χ2v) is 10.1. The third-order valence-corrected chi connectivity index (χ3v) is 6.70. The van der Waals surface area contributed by atoms with Crippen molar-refractivity contribution in [2.75, 3.05) is 4.90 Å². The van der Waals surface area contributed by atoms with Crippen LogP contribution in [0, 0.1) is 5.92 Å². The molecule has 1 aliphatic carbocycles. The summed E-state index contributed by atoms with van der Waals surface area (Å²) < 4.78 is 126. The van der Waals surface area contributed by atoms with Crippen molar-refractivity contribution in [3.63, 3.8) is 0 Å². The summed E-state index contributed by atoms with van der Waals surface area (Å²) in [6.07, 6.45) is -14.4. The van der Waals surface area contributed by atoms with Gasteiger partial charge in [-0.2, -0.15) is 39.5 Å². The van der Waals surface area contributed by atoms with E-state index in [-0.39, 0.29) is 35.2 Å². The number of fused-ring (bicyclic) bond motifs is 1. The summed E-state index contributed by atoms with van der Waals surface area (Å²) in [7, 11) is 0. The molecule has 214 valence electrons. The monoisotopic (exact) mass is 568 g/mol. The lowest BCUT2D eigenvalue weighted by Crippen LogP contribution is -2.48. The van der Waals surface area contributed by atoms with Gasteiger partial charge in [-0.05, 0) is 86.6 Å². The van der Waals surface area contributed by atoms with Gasteiger partial charge in [-0.15, -0.1) is 0 Å². The second kappa shape index (κ2) is 10.2. The van der Waals surface area contributed by atoms with Gasteiger partial charge in [-0.1, -0.05) is 0 Å². The number of alkyl halides is 9. The molecule has 0 aromatic heterocycles. The highest BCUT2D eigenvalue weighted by Gasteiger charge is 2.46. The summed E-state index contributed by atoms with van der Waals surface area (Å²) in [6, 6.07) is 2.60. The zero-order valence-corrected chi connectivity index (χ0v) is 20.8. The Morgan fingerprint density at radius 2 is 1.46 bits per heavy atom. The molecule has 13 heteroatoms. The highest BCUT2D eigenvalue weighted by Crippen LogP contribution is 2.48. The molecule has 39 heavy (non-hydrogen) atoms. The van der Waals surface area contributed by atoms with Crippen molar-refractivity contribution >= 4 is 11.8 Å². The first-order valence-corrected chi connectivity index (χ1v) is 12.2. The molecule has 1 aliphatic heterocycles. The van der Waals surface area contributed by atoms with Crippen molar-refractivity contribution in [1.82, 2.24) is 5.32 Å². The highest BCUT2D eigenvalue weighted by atomic mass is 19.4. The predicted octanol–water partition coefficient (Wildman–Crippen LogP) is 8.11. The Morgan fingerprint density at radius 1 is 0.897 bits per heavy atom. The van der Waals surface area contributed by atoms with E-state index in [2.05, 4.69) is 5.32 Å². The molecule has 1 N–H and O–H groups in total. The molecule has 0 saturated heterocycles. The quantitative estimate of drug-likeness (QED) is 0.371. The third-order valence-electron chi connectivity index (χ3n) is 6.70. The molecule has 2 atom stereocenters.